The Hall–Kier alpha value is -4.10. The van der Waals surface area contributed by atoms with Gasteiger partial charge in [-0.05, 0) is 66.1 Å². The highest BCUT2D eigenvalue weighted by atomic mass is 32.2. The number of carbonyl (C=O) groups excluding carboxylic acids is 3. The van der Waals surface area contributed by atoms with Crippen molar-refractivity contribution in [2.45, 2.75) is 29.0 Å². The third kappa shape index (κ3) is 4.78. The molecule has 2 saturated carbocycles. The van der Waals surface area contributed by atoms with E-state index in [9.17, 15) is 24.0 Å². The Bertz CT molecular complexity index is 1700. The molecule has 2 aliphatic carbocycles. The SMILES string of the molecule is COc1ccc(NC(=O)COc2ccc([C@H]3c4sc(=O)[nH]c4SC4C5CC(C6C(=O)N(CCC(=O)O)C(=O)C56)C43)cc2)cc1. The van der Waals surface area contributed by atoms with Gasteiger partial charge < -0.3 is 24.9 Å². The van der Waals surface area contributed by atoms with Gasteiger partial charge in [-0.15, -0.1) is 11.8 Å². The van der Waals surface area contributed by atoms with Crippen molar-refractivity contribution in [3.63, 3.8) is 0 Å². The van der Waals surface area contributed by atoms with Crippen molar-refractivity contribution >= 4 is 52.5 Å². The first-order chi connectivity index (χ1) is 21.2. The number of imide groups is 1. The number of hydrogen-bond acceptors (Lipinski definition) is 9. The van der Waals surface area contributed by atoms with Gasteiger partial charge in [0.05, 0.1) is 30.4 Å². The van der Waals surface area contributed by atoms with Crippen molar-refractivity contribution in [1.82, 2.24) is 9.88 Å². The summed E-state index contributed by atoms with van der Waals surface area (Å²) in [6.45, 7) is -0.285. The molecule has 11 nitrogen and oxygen atoms in total. The van der Waals surface area contributed by atoms with Gasteiger partial charge in [0.2, 0.25) is 11.8 Å². The summed E-state index contributed by atoms with van der Waals surface area (Å²) in [6.07, 6.45) is 0.481. The van der Waals surface area contributed by atoms with Crippen LogP contribution in [0.5, 0.6) is 11.5 Å². The van der Waals surface area contributed by atoms with Gasteiger partial charge in [0.1, 0.15) is 11.5 Å². The van der Waals surface area contributed by atoms with Crippen LogP contribution in [0.15, 0.2) is 58.4 Å². The number of methoxy groups -OCH3 is 1. The maximum atomic E-state index is 13.5. The van der Waals surface area contributed by atoms with Crippen LogP contribution in [0.1, 0.15) is 29.2 Å². The van der Waals surface area contributed by atoms with E-state index in [0.717, 1.165) is 26.8 Å². The molecule has 3 N–H and O–H groups in total. The maximum Gasteiger partial charge on any atom is 0.305 e. The molecule has 13 heteroatoms. The lowest BCUT2D eigenvalue weighted by Gasteiger charge is -2.43. The van der Waals surface area contributed by atoms with Crippen LogP contribution in [0.2, 0.25) is 0 Å². The zero-order valence-corrected chi connectivity index (χ0v) is 25.2. The van der Waals surface area contributed by atoms with Gasteiger partial charge in [0.25, 0.3) is 5.91 Å². The molecule has 2 aromatic carbocycles. The highest BCUT2D eigenvalue weighted by Crippen LogP contribution is 2.68. The number of carboxylic acids is 1. The van der Waals surface area contributed by atoms with Crippen LogP contribution < -0.4 is 19.7 Å². The van der Waals surface area contributed by atoms with Gasteiger partial charge in [-0.2, -0.15) is 0 Å². The number of fused-ring (bicyclic) bond motifs is 9. The third-order valence-electron chi connectivity index (χ3n) is 9.35. The quantitative estimate of drug-likeness (QED) is 0.300. The molecule has 1 aromatic heterocycles. The number of anilines is 1. The highest BCUT2D eigenvalue weighted by molar-refractivity contribution is 8.00. The second kappa shape index (κ2) is 11.1. The number of H-pyrrole nitrogens is 1. The number of aromatic nitrogens is 1. The predicted molar refractivity (Wildman–Crippen MR) is 161 cm³/mol. The second-order valence-corrected chi connectivity index (χ2v) is 13.8. The molecule has 0 spiro atoms. The number of thioether (sulfide) groups is 1. The van der Waals surface area contributed by atoms with E-state index in [1.165, 1.54) is 11.3 Å². The van der Waals surface area contributed by atoms with E-state index in [4.69, 9.17) is 14.6 Å². The molecule has 228 valence electrons. The van der Waals surface area contributed by atoms with Crippen molar-refractivity contribution in [2.75, 3.05) is 25.6 Å². The first-order valence-corrected chi connectivity index (χ1v) is 16.1. The summed E-state index contributed by atoms with van der Waals surface area (Å²) in [5.74, 6) is -1.79. The number of rotatable bonds is 9. The molecule has 3 fully saturated rings. The summed E-state index contributed by atoms with van der Waals surface area (Å²) in [7, 11) is 1.57. The molecule has 3 amide bonds. The molecule has 7 rings (SSSR count). The average Bonchev–Trinajstić information content (AvgIpc) is 3.74. The summed E-state index contributed by atoms with van der Waals surface area (Å²) < 4.78 is 10.9. The lowest BCUT2D eigenvalue weighted by molar-refractivity contribution is -0.142. The minimum Gasteiger partial charge on any atom is -0.497 e. The molecular weight excluding hydrogens is 606 g/mol. The lowest BCUT2D eigenvalue weighted by atomic mass is 9.68. The number of nitrogens with zero attached hydrogens (tertiary/aromatic N) is 1. The molecule has 3 aromatic rings. The molecule has 2 bridgehead atoms. The van der Waals surface area contributed by atoms with E-state index in [-0.39, 0.29) is 71.1 Å². The summed E-state index contributed by atoms with van der Waals surface area (Å²) in [5.41, 5.74) is 1.59. The Balaban J connectivity index is 1.10. The number of thiazole rings is 1. The summed E-state index contributed by atoms with van der Waals surface area (Å²) >= 11 is 2.78. The van der Waals surface area contributed by atoms with Gasteiger partial charge in [-0.1, -0.05) is 23.5 Å². The van der Waals surface area contributed by atoms with Gasteiger partial charge in [0, 0.05) is 28.3 Å². The third-order valence-corrected chi connectivity index (χ3v) is 11.9. The number of benzene rings is 2. The second-order valence-electron chi connectivity index (χ2n) is 11.6. The number of aliphatic carboxylic acids is 1. The topological polar surface area (TPSA) is 155 Å². The van der Waals surface area contributed by atoms with Gasteiger partial charge in [-0.3, -0.25) is 28.9 Å². The van der Waals surface area contributed by atoms with Crippen LogP contribution in [0.4, 0.5) is 5.69 Å². The number of likely N-dealkylation sites (tertiary alicyclic amines) is 1. The minimum absolute atomic E-state index is 0.0304. The Morgan fingerprint density at radius 1 is 1.00 bits per heavy atom. The van der Waals surface area contributed by atoms with Gasteiger partial charge in [-0.25, -0.2) is 0 Å². The van der Waals surface area contributed by atoms with E-state index in [2.05, 4.69) is 10.3 Å². The number of hydrogen-bond donors (Lipinski definition) is 3. The molecule has 3 heterocycles. The molecule has 6 unspecified atom stereocenters. The highest BCUT2D eigenvalue weighted by Gasteiger charge is 2.69. The summed E-state index contributed by atoms with van der Waals surface area (Å²) in [4.78, 5) is 67.9. The fourth-order valence-corrected chi connectivity index (χ4v) is 10.6. The first-order valence-electron chi connectivity index (χ1n) is 14.4. The maximum absolute atomic E-state index is 13.5. The van der Waals surface area contributed by atoms with E-state index in [0.29, 0.717) is 17.2 Å². The Labute approximate surface area is 259 Å². The number of carboxylic acid groups (broad SMARTS) is 1. The normalized spacial score (nSPS) is 27.9. The van der Waals surface area contributed by atoms with Crippen LogP contribution in [-0.4, -0.2) is 64.2 Å². The zero-order chi connectivity index (χ0) is 30.7. The number of ether oxygens (including phenoxy) is 2. The summed E-state index contributed by atoms with van der Waals surface area (Å²) in [5, 5.41) is 12.8. The molecule has 7 atom stereocenters. The van der Waals surface area contributed by atoms with Crippen LogP contribution in [0, 0.1) is 29.6 Å². The average molecular weight is 636 g/mol. The molecule has 44 heavy (non-hydrogen) atoms. The summed E-state index contributed by atoms with van der Waals surface area (Å²) in [6, 6.07) is 14.5. The molecule has 2 aliphatic heterocycles. The Kier molecular flexibility index (Phi) is 7.24. The number of aromatic amines is 1. The molecule has 1 saturated heterocycles. The van der Waals surface area contributed by atoms with Crippen molar-refractivity contribution in [2.24, 2.45) is 29.6 Å². The fraction of sp³-hybridized carbons (Fsp3) is 0.387. The number of amides is 3. The van der Waals surface area contributed by atoms with Crippen LogP contribution in [-0.2, 0) is 19.2 Å². The lowest BCUT2D eigenvalue weighted by Crippen LogP contribution is -2.42. The van der Waals surface area contributed by atoms with E-state index in [1.54, 1.807) is 55.3 Å². The Morgan fingerprint density at radius 3 is 2.36 bits per heavy atom. The van der Waals surface area contributed by atoms with E-state index < -0.39 is 17.8 Å². The van der Waals surface area contributed by atoms with Gasteiger partial charge in [0.15, 0.2) is 6.61 Å². The first kappa shape index (κ1) is 28.7. The van der Waals surface area contributed by atoms with E-state index in [1.807, 2.05) is 12.1 Å². The van der Waals surface area contributed by atoms with Crippen LogP contribution in [0.25, 0.3) is 0 Å². The smallest absolute Gasteiger partial charge is 0.305 e. The fourth-order valence-electron chi connectivity index (χ4n) is 7.67. The number of carbonyl (C=O) groups is 4. The zero-order valence-electron chi connectivity index (χ0n) is 23.6. The van der Waals surface area contributed by atoms with Crippen molar-refractivity contribution < 1.29 is 33.8 Å². The molecular formula is C31H29N3O8S2. The van der Waals surface area contributed by atoms with Crippen LogP contribution >= 0.6 is 23.1 Å². The van der Waals surface area contributed by atoms with Gasteiger partial charge >= 0.3 is 10.8 Å². The predicted octanol–water partition coefficient (Wildman–Crippen LogP) is 3.41. The van der Waals surface area contributed by atoms with Crippen LogP contribution in [0.3, 0.4) is 0 Å². The van der Waals surface area contributed by atoms with Crippen molar-refractivity contribution in [3.05, 3.63) is 68.6 Å². The largest absolute Gasteiger partial charge is 0.497 e. The van der Waals surface area contributed by atoms with Crippen molar-refractivity contribution in [3.8, 4) is 11.5 Å². The standard InChI is InChI=1S/C31H29N3O8S2/c1-41-16-8-4-15(5-9-16)32-20(35)13-42-17-6-2-14(3-7-17)22-23-18-12-19(26(23)43-28-27(22)44-31(40)33-28)25-24(18)29(38)34(30(25)39)11-10-21(36)37/h2-9,18-19,22-26H,10-13H2,1H3,(H,32,35)(H,33,40)(H,36,37)/t18?,19?,22-,23?,24?,25?,26?/m1/s1. The minimum atomic E-state index is -1.05. The molecule has 4 aliphatic rings. The molecule has 0 radical (unpaired) electrons. The van der Waals surface area contributed by atoms with E-state index >= 15 is 0 Å². The monoisotopic (exact) mass is 635 g/mol. The number of nitrogens with one attached hydrogen (secondary N) is 2. The Morgan fingerprint density at radius 2 is 1.68 bits per heavy atom. The van der Waals surface area contributed by atoms with Crippen molar-refractivity contribution in [1.29, 1.82) is 0 Å².